The van der Waals surface area contributed by atoms with Gasteiger partial charge in [-0.15, -0.1) is 0 Å². The summed E-state index contributed by atoms with van der Waals surface area (Å²) >= 11 is 0. The number of hydrogen-bond donors (Lipinski definition) is 2. The number of nitrogens with one attached hydrogen (secondary N) is 1. The van der Waals surface area contributed by atoms with Gasteiger partial charge >= 0.3 is 0 Å². The van der Waals surface area contributed by atoms with Crippen LogP contribution in [0.25, 0.3) is 0 Å². The van der Waals surface area contributed by atoms with Crippen LogP contribution in [0, 0.1) is 17.0 Å². The Morgan fingerprint density at radius 1 is 1.17 bits per heavy atom. The molecule has 0 saturated heterocycles. The van der Waals surface area contributed by atoms with E-state index in [0.717, 1.165) is 25.1 Å². The smallest absolute Gasteiger partial charge is 0.159 e. The lowest BCUT2D eigenvalue weighted by Crippen LogP contribution is -2.29. The van der Waals surface area contributed by atoms with Crippen LogP contribution in [0.2, 0.25) is 0 Å². The van der Waals surface area contributed by atoms with Crippen LogP contribution < -0.4 is 11.1 Å². The average molecular weight is 256 g/mol. The zero-order valence-electron chi connectivity index (χ0n) is 11.1. The lowest BCUT2D eigenvalue weighted by Gasteiger charge is -2.22. The summed E-state index contributed by atoms with van der Waals surface area (Å²) in [5.74, 6) is -1.58. The second-order valence-corrected chi connectivity index (χ2v) is 5.37. The van der Waals surface area contributed by atoms with E-state index in [1.807, 2.05) is 0 Å². The second-order valence-electron chi connectivity index (χ2n) is 5.37. The molecule has 0 unspecified atom stereocenters. The summed E-state index contributed by atoms with van der Waals surface area (Å²) in [5, 5.41) is 3.29. The Labute approximate surface area is 108 Å². The molecule has 0 bridgehead atoms. The van der Waals surface area contributed by atoms with Crippen molar-refractivity contribution in [2.24, 2.45) is 11.1 Å². The Morgan fingerprint density at radius 3 is 2.50 bits per heavy atom. The molecule has 0 aromatic heterocycles. The van der Waals surface area contributed by atoms with Gasteiger partial charge in [-0.25, -0.2) is 8.78 Å². The summed E-state index contributed by atoms with van der Waals surface area (Å²) in [6, 6.07) is 4.03. The maximum absolute atomic E-state index is 12.9. The Morgan fingerprint density at radius 2 is 1.89 bits per heavy atom. The first kappa shape index (κ1) is 15.1. The van der Waals surface area contributed by atoms with Gasteiger partial charge in [0.05, 0.1) is 0 Å². The molecule has 0 atom stereocenters. The van der Waals surface area contributed by atoms with E-state index in [1.165, 1.54) is 12.1 Å². The molecule has 1 aromatic carbocycles. The molecule has 1 aromatic rings. The number of benzene rings is 1. The van der Waals surface area contributed by atoms with Crippen LogP contribution in [0.15, 0.2) is 18.2 Å². The van der Waals surface area contributed by atoms with Gasteiger partial charge in [-0.05, 0) is 55.6 Å². The van der Waals surface area contributed by atoms with Crippen LogP contribution >= 0.6 is 0 Å². The SMILES string of the molecule is CC(C)(CN)CCNCCc1ccc(F)c(F)c1. The molecule has 1 rings (SSSR count). The van der Waals surface area contributed by atoms with Gasteiger partial charge in [0, 0.05) is 0 Å². The average Bonchev–Trinajstić information content (AvgIpc) is 2.33. The van der Waals surface area contributed by atoms with E-state index in [4.69, 9.17) is 5.73 Å². The first-order valence-electron chi connectivity index (χ1n) is 6.29. The molecule has 0 amide bonds. The van der Waals surface area contributed by atoms with Crippen LogP contribution in [-0.2, 0) is 6.42 Å². The lowest BCUT2D eigenvalue weighted by atomic mass is 9.90. The molecule has 4 heteroatoms. The van der Waals surface area contributed by atoms with Gasteiger partial charge in [-0.3, -0.25) is 0 Å². The summed E-state index contributed by atoms with van der Waals surface area (Å²) in [7, 11) is 0. The van der Waals surface area contributed by atoms with E-state index in [0.29, 0.717) is 13.0 Å². The molecule has 0 aliphatic carbocycles. The van der Waals surface area contributed by atoms with Crippen LogP contribution in [0.4, 0.5) is 8.78 Å². The molecule has 0 fully saturated rings. The van der Waals surface area contributed by atoms with E-state index in [9.17, 15) is 8.78 Å². The largest absolute Gasteiger partial charge is 0.330 e. The Hall–Kier alpha value is -1.00. The van der Waals surface area contributed by atoms with E-state index < -0.39 is 11.6 Å². The molecule has 0 heterocycles. The topological polar surface area (TPSA) is 38.0 Å². The van der Waals surface area contributed by atoms with Gasteiger partial charge in [0.25, 0.3) is 0 Å². The number of hydrogen-bond acceptors (Lipinski definition) is 2. The standard InChI is InChI=1S/C14H22F2N2/c1-14(2,10-17)6-8-18-7-5-11-3-4-12(15)13(16)9-11/h3-4,9,18H,5-8,10,17H2,1-2H3. The first-order chi connectivity index (χ1) is 8.44. The van der Waals surface area contributed by atoms with Gasteiger partial charge in [-0.1, -0.05) is 19.9 Å². The third-order valence-corrected chi connectivity index (χ3v) is 3.11. The summed E-state index contributed by atoms with van der Waals surface area (Å²) < 4.78 is 25.7. The lowest BCUT2D eigenvalue weighted by molar-refractivity contribution is 0.340. The van der Waals surface area contributed by atoms with Crippen LogP contribution in [0.1, 0.15) is 25.8 Å². The highest BCUT2D eigenvalue weighted by Crippen LogP contribution is 2.16. The molecule has 0 saturated carbocycles. The number of nitrogens with two attached hydrogens (primary N) is 1. The summed E-state index contributed by atoms with van der Waals surface area (Å²) in [5.41, 5.74) is 6.59. The molecule has 0 aliphatic heterocycles. The number of halogens is 2. The van der Waals surface area contributed by atoms with Crippen molar-refractivity contribution in [1.29, 1.82) is 0 Å². The molecule has 18 heavy (non-hydrogen) atoms. The minimum absolute atomic E-state index is 0.148. The third kappa shape index (κ3) is 5.10. The van der Waals surface area contributed by atoms with Crippen molar-refractivity contribution < 1.29 is 8.78 Å². The molecular weight excluding hydrogens is 234 g/mol. The molecule has 0 radical (unpaired) electrons. The van der Waals surface area contributed by atoms with Crippen molar-refractivity contribution in [1.82, 2.24) is 5.32 Å². The van der Waals surface area contributed by atoms with Gasteiger partial charge in [0.2, 0.25) is 0 Å². The van der Waals surface area contributed by atoms with Crippen LogP contribution in [0.3, 0.4) is 0 Å². The van der Waals surface area contributed by atoms with Crippen molar-refractivity contribution in [2.45, 2.75) is 26.7 Å². The fourth-order valence-corrected chi connectivity index (χ4v) is 1.58. The molecule has 0 aliphatic rings. The minimum Gasteiger partial charge on any atom is -0.330 e. The minimum atomic E-state index is -0.795. The maximum Gasteiger partial charge on any atom is 0.159 e. The van der Waals surface area contributed by atoms with Gasteiger partial charge in [0.1, 0.15) is 0 Å². The van der Waals surface area contributed by atoms with Gasteiger partial charge < -0.3 is 11.1 Å². The van der Waals surface area contributed by atoms with Gasteiger partial charge in [0.15, 0.2) is 11.6 Å². The van der Waals surface area contributed by atoms with Crippen LogP contribution in [0.5, 0.6) is 0 Å². The van der Waals surface area contributed by atoms with Gasteiger partial charge in [-0.2, -0.15) is 0 Å². The molecule has 0 spiro atoms. The normalized spacial score (nSPS) is 11.8. The summed E-state index contributed by atoms with van der Waals surface area (Å²) in [4.78, 5) is 0. The van der Waals surface area contributed by atoms with E-state index in [1.54, 1.807) is 6.07 Å². The zero-order valence-corrected chi connectivity index (χ0v) is 11.1. The van der Waals surface area contributed by atoms with E-state index >= 15 is 0 Å². The van der Waals surface area contributed by atoms with Crippen LogP contribution in [-0.4, -0.2) is 19.6 Å². The molecule has 102 valence electrons. The maximum atomic E-state index is 12.9. The first-order valence-corrected chi connectivity index (χ1v) is 6.29. The van der Waals surface area contributed by atoms with Crippen molar-refractivity contribution in [3.8, 4) is 0 Å². The highest BCUT2D eigenvalue weighted by atomic mass is 19.2. The molecule has 3 N–H and O–H groups in total. The van der Waals surface area contributed by atoms with Crippen molar-refractivity contribution in [3.05, 3.63) is 35.4 Å². The fraction of sp³-hybridized carbons (Fsp3) is 0.571. The predicted molar refractivity (Wildman–Crippen MR) is 70.4 cm³/mol. The summed E-state index contributed by atoms with van der Waals surface area (Å²) in [6.07, 6.45) is 1.70. The van der Waals surface area contributed by atoms with E-state index in [2.05, 4.69) is 19.2 Å². The predicted octanol–water partition coefficient (Wildman–Crippen LogP) is 2.47. The monoisotopic (exact) mass is 256 g/mol. The Kier molecular flexibility index (Phi) is 5.69. The highest BCUT2D eigenvalue weighted by Gasteiger charge is 2.14. The van der Waals surface area contributed by atoms with Crippen molar-refractivity contribution >= 4 is 0 Å². The quantitative estimate of drug-likeness (QED) is 0.735. The van der Waals surface area contributed by atoms with Crippen molar-refractivity contribution in [3.63, 3.8) is 0 Å². The number of rotatable bonds is 7. The Bertz CT molecular complexity index is 378. The molecular formula is C14H22F2N2. The zero-order chi connectivity index (χ0) is 13.6. The summed E-state index contributed by atoms with van der Waals surface area (Å²) in [6.45, 7) is 6.56. The van der Waals surface area contributed by atoms with E-state index in [-0.39, 0.29) is 5.41 Å². The fourth-order valence-electron chi connectivity index (χ4n) is 1.58. The molecule has 2 nitrogen and oxygen atoms in total. The third-order valence-electron chi connectivity index (χ3n) is 3.11. The van der Waals surface area contributed by atoms with Crippen molar-refractivity contribution in [2.75, 3.05) is 19.6 Å². The highest BCUT2D eigenvalue weighted by molar-refractivity contribution is 5.17. The second kappa shape index (κ2) is 6.81. The Balaban J connectivity index is 2.24.